The molecule has 0 aliphatic heterocycles. The van der Waals surface area contributed by atoms with Crippen LogP contribution in [0.15, 0.2) is 35.5 Å². The molecule has 0 atom stereocenters. The molecule has 4 rings (SSSR count). The van der Waals surface area contributed by atoms with Crippen LogP contribution in [-0.4, -0.2) is 28.0 Å². The van der Waals surface area contributed by atoms with E-state index in [0.29, 0.717) is 17.3 Å². The number of fused-ring (bicyclic) bond motifs is 2. The van der Waals surface area contributed by atoms with Gasteiger partial charge in [0.1, 0.15) is 12.1 Å². The minimum Gasteiger partial charge on any atom is -0.292 e. The third-order valence-electron chi connectivity index (χ3n) is 4.32. The Balaban J connectivity index is 1.60. The zero-order valence-corrected chi connectivity index (χ0v) is 14.5. The summed E-state index contributed by atoms with van der Waals surface area (Å²) in [7, 11) is -3.70. The molecule has 1 aromatic carbocycles. The molecule has 0 radical (unpaired) electrons. The van der Waals surface area contributed by atoms with Crippen molar-refractivity contribution in [2.24, 2.45) is 0 Å². The van der Waals surface area contributed by atoms with Gasteiger partial charge in [-0.15, -0.1) is 4.83 Å². The fourth-order valence-corrected chi connectivity index (χ4v) is 3.98. The van der Waals surface area contributed by atoms with E-state index in [9.17, 15) is 8.42 Å². The van der Waals surface area contributed by atoms with Gasteiger partial charge in [-0.1, -0.05) is 6.07 Å². The molecular formula is C16H18N6O2S. The average molecular weight is 358 g/mol. The maximum Gasteiger partial charge on any atom is 0.257 e. The van der Waals surface area contributed by atoms with Crippen LogP contribution in [0.3, 0.4) is 0 Å². The van der Waals surface area contributed by atoms with Gasteiger partial charge in [-0.25, -0.2) is 13.4 Å². The second-order valence-corrected chi connectivity index (χ2v) is 7.81. The van der Waals surface area contributed by atoms with Crippen molar-refractivity contribution >= 4 is 21.6 Å². The standard InChI is InChI=1S/C16H18N6O2S/c1-11-8-15(22-16(19-11)17-10-18-22)20-21-25(23,24)14-7-6-12-4-2-3-5-13(12)9-14/h6-10,20-21H,2-5H2,1H3. The van der Waals surface area contributed by atoms with Gasteiger partial charge in [-0.05, 0) is 55.9 Å². The smallest absolute Gasteiger partial charge is 0.257 e. The Hall–Kier alpha value is -2.52. The number of nitrogens with one attached hydrogen (secondary N) is 2. The highest BCUT2D eigenvalue weighted by Crippen LogP contribution is 2.24. The lowest BCUT2D eigenvalue weighted by atomic mass is 9.92. The summed E-state index contributed by atoms with van der Waals surface area (Å²) < 4.78 is 26.7. The number of hydrogen-bond donors (Lipinski definition) is 2. The van der Waals surface area contributed by atoms with Crippen LogP contribution < -0.4 is 10.3 Å². The number of aryl methyl sites for hydroxylation is 3. The minimum atomic E-state index is -3.70. The predicted molar refractivity (Wildman–Crippen MR) is 92.5 cm³/mol. The second-order valence-electron chi connectivity index (χ2n) is 6.12. The van der Waals surface area contributed by atoms with E-state index in [4.69, 9.17) is 0 Å². The highest BCUT2D eigenvalue weighted by Gasteiger charge is 2.18. The Morgan fingerprint density at radius 1 is 1.12 bits per heavy atom. The van der Waals surface area contributed by atoms with Gasteiger partial charge in [0.15, 0.2) is 0 Å². The molecule has 2 N–H and O–H groups in total. The van der Waals surface area contributed by atoms with Gasteiger partial charge in [0.25, 0.3) is 15.8 Å². The van der Waals surface area contributed by atoms with E-state index in [1.165, 1.54) is 16.4 Å². The number of hydrogen-bond acceptors (Lipinski definition) is 6. The fraction of sp³-hybridized carbons (Fsp3) is 0.312. The van der Waals surface area contributed by atoms with Gasteiger partial charge in [0.05, 0.1) is 4.90 Å². The highest BCUT2D eigenvalue weighted by molar-refractivity contribution is 7.89. The van der Waals surface area contributed by atoms with Gasteiger partial charge in [0.2, 0.25) is 0 Å². The van der Waals surface area contributed by atoms with Gasteiger partial charge < -0.3 is 0 Å². The van der Waals surface area contributed by atoms with Gasteiger partial charge >= 0.3 is 0 Å². The van der Waals surface area contributed by atoms with Crippen molar-refractivity contribution < 1.29 is 8.42 Å². The van der Waals surface area contributed by atoms with Crippen LogP contribution in [0.25, 0.3) is 5.78 Å². The molecule has 9 heteroatoms. The summed E-state index contributed by atoms with van der Waals surface area (Å²) in [6.45, 7) is 1.80. The Kier molecular flexibility index (Phi) is 3.89. The molecule has 0 bridgehead atoms. The lowest BCUT2D eigenvalue weighted by Gasteiger charge is -2.17. The molecule has 0 amide bonds. The maximum absolute atomic E-state index is 12.6. The first-order valence-corrected chi connectivity index (χ1v) is 9.58. The molecule has 0 saturated heterocycles. The summed E-state index contributed by atoms with van der Waals surface area (Å²) in [6, 6.07) is 7.02. The fourth-order valence-electron chi connectivity index (χ4n) is 3.07. The molecule has 1 aliphatic carbocycles. The summed E-state index contributed by atoms with van der Waals surface area (Å²) in [4.78, 5) is 10.9. The van der Waals surface area contributed by atoms with E-state index in [2.05, 4.69) is 25.3 Å². The SMILES string of the molecule is Cc1cc(NNS(=O)(=O)c2ccc3c(c2)CCCC3)n2ncnc2n1. The van der Waals surface area contributed by atoms with E-state index < -0.39 is 10.0 Å². The third-order valence-corrected chi connectivity index (χ3v) is 5.57. The molecule has 0 saturated carbocycles. The lowest BCUT2D eigenvalue weighted by Crippen LogP contribution is -2.31. The third kappa shape index (κ3) is 3.08. The number of rotatable bonds is 4. The normalized spacial score (nSPS) is 14.4. The Morgan fingerprint density at radius 3 is 2.76 bits per heavy atom. The van der Waals surface area contributed by atoms with E-state index in [1.54, 1.807) is 25.1 Å². The van der Waals surface area contributed by atoms with E-state index in [0.717, 1.165) is 31.2 Å². The number of anilines is 1. The number of nitrogens with zero attached hydrogens (tertiary/aromatic N) is 4. The topological polar surface area (TPSA) is 101 Å². The van der Waals surface area contributed by atoms with E-state index in [1.807, 2.05) is 6.07 Å². The quantitative estimate of drug-likeness (QED) is 0.687. The van der Waals surface area contributed by atoms with Crippen LogP contribution in [-0.2, 0) is 22.9 Å². The van der Waals surface area contributed by atoms with E-state index in [-0.39, 0.29) is 4.90 Å². The van der Waals surface area contributed by atoms with Crippen LogP contribution in [0, 0.1) is 6.92 Å². The van der Waals surface area contributed by atoms with Crippen LogP contribution in [0.1, 0.15) is 29.7 Å². The minimum absolute atomic E-state index is 0.251. The number of aromatic nitrogens is 4. The highest BCUT2D eigenvalue weighted by atomic mass is 32.2. The van der Waals surface area contributed by atoms with Crippen molar-refractivity contribution in [2.75, 3.05) is 5.43 Å². The van der Waals surface area contributed by atoms with Crippen molar-refractivity contribution in [3.63, 3.8) is 0 Å². The number of hydrazine groups is 1. The van der Waals surface area contributed by atoms with Crippen LogP contribution in [0.2, 0.25) is 0 Å². The Morgan fingerprint density at radius 2 is 1.92 bits per heavy atom. The molecule has 2 aromatic heterocycles. The Labute approximate surface area is 145 Å². The molecule has 1 aliphatic rings. The molecular weight excluding hydrogens is 340 g/mol. The van der Waals surface area contributed by atoms with Crippen molar-refractivity contribution in [2.45, 2.75) is 37.5 Å². The number of benzene rings is 1. The van der Waals surface area contributed by atoms with Crippen LogP contribution in [0.5, 0.6) is 0 Å². The largest absolute Gasteiger partial charge is 0.292 e. The van der Waals surface area contributed by atoms with Gasteiger partial charge in [-0.3, -0.25) is 5.43 Å². The lowest BCUT2D eigenvalue weighted by molar-refractivity contribution is 0.586. The molecule has 3 aromatic rings. The van der Waals surface area contributed by atoms with E-state index >= 15 is 0 Å². The predicted octanol–water partition coefficient (Wildman–Crippen LogP) is 1.62. The first-order valence-electron chi connectivity index (χ1n) is 8.10. The molecule has 0 fully saturated rings. The van der Waals surface area contributed by atoms with Gasteiger partial charge in [0, 0.05) is 11.8 Å². The first-order chi connectivity index (χ1) is 12.0. The summed E-state index contributed by atoms with van der Waals surface area (Å²) in [6.07, 6.45) is 5.57. The average Bonchev–Trinajstić information content (AvgIpc) is 3.07. The number of sulfonamides is 1. The second kappa shape index (κ2) is 6.08. The summed E-state index contributed by atoms with van der Waals surface area (Å²) in [5, 5.41) is 4.04. The molecule has 2 heterocycles. The monoisotopic (exact) mass is 358 g/mol. The van der Waals surface area contributed by atoms with Crippen molar-refractivity contribution in [3.8, 4) is 0 Å². The molecule has 0 spiro atoms. The molecule has 25 heavy (non-hydrogen) atoms. The van der Waals surface area contributed by atoms with Crippen molar-refractivity contribution in [1.29, 1.82) is 0 Å². The zero-order chi connectivity index (χ0) is 17.4. The zero-order valence-electron chi connectivity index (χ0n) is 13.7. The molecule has 8 nitrogen and oxygen atoms in total. The Bertz CT molecular complexity index is 1040. The first kappa shape index (κ1) is 16.0. The summed E-state index contributed by atoms with van der Waals surface area (Å²) in [5.74, 6) is 0.844. The van der Waals surface area contributed by atoms with Gasteiger partial charge in [-0.2, -0.15) is 14.6 Å². The van der Waals surface area contributed by atoms with Crippen molar-refractivity contribution in [1.82, 2.24) is 24.4 Å². The maximum atomic E-state index is 12.6. The molecule has 130 valence electrons. The summed E-state index contributed by atoms with van der Waals surface area (Å²) >= 11 is 0. The van der Waals surface area contributed by atoms with Crippen LogP contribution >= 0.6 is 0 Å². The van der Waals surface area contributed by atoms with Crippen LogP contribution in [0.4, 0.5) is 5.82 Å². The molecule has 0 unspecified atom stereocenters. The van der Waals surface area contributed by atoms with Crippen molar-refractivity contribution in [3.05, 3.63) is 47.4 Å². The summed E-state index contributed by atoms with van der Waals surface area (Å²) in [5.41, 5.74) is 5.78.